The third-order valence-corrected chi connectivity index (χ3v) is 12.3. The second kappa shape index (κ2) is 30.4. The molecular weight excluding hydrogens is 948 g/mol. The number of hydrogen-bond donors (Lipinski definition) is 3. The molecule has 6 aromatic rings. The number of carboxylic acids is 1. The van der Waals surface area contributed by atoms with Gasteiger partial charge in [0.15, 0.2) is 0 Å². The third-order valence-electron chi connectivity index (χ3n) is 12.3. The molecule has 0 radical (unpaired) electrons. The van der Waals surface area contributed by atoms with Crippen molar-refractivity contribution >= 4 is 23.8 Å². The van der Waals surface area contributed by atoms with Gasteiger partial charge < -0.3 is 40.6 Å². The van der Waals surface area contributed by atoms with Crippen LogP contribution in [-0.4, -0.2) is 66.0 Å². The predicted molar refractivity (Wildman–Crippen MR) is 289 cm³/mol. The monoisotopic (exact) mass is 1020 g/mol. The summed E-state index contributed by atoms with van der Waals surface area (Å²) in [6.07, 6.45) is 10.6. The number of nitrogens with zero attached hydrogens (tertiary/aromatic N) is 4. The number of ether oxygens (including phenoxy) is 1. The molecule has 4 aromatic heterocycles. The zero-order valence-electron chi connectivity index (χ0n) is 44.7. The van der Waals surface area contributed by atoms with E-state index in [2.05, 4.69) is 20.6 Å². The summed E-state index contributed by atoms with van der Waals surface area (Å²) in [4.78, 5) is 85.2. The molecule has 75 heavy (non-hydrogen) atoms. The van der Waals surface area contributed by atoms with Crippen molar-refractivity contribution < 1.29 is 58.8 Å². The number of methoxy groups -OCH3 is 1. The van der Waals surface area contributed by atoms with E-state index in [-0.39, 0.29) is 78.9 Å². The third kappa shape index (κ3) is 18.1. The van der Waals surface area contributed by atoms with E-state index in [0.717, 1.165) is 55.6 Å². The number of rotatable bonds is 18. The van der Waals surface area contributed by atoms with E-state index in [9.17, 15) is 33.9 Å². The number of aromatic nitrogens is 4. The van der Waals surface area contributed by atoms with Gasteiger partial charge in [-0.1, -0.05) is 71.5 Å². The van der Waals surface area contributed by atoms with Crippen molar-refractivity contribution in [3.8, 4) is 22.3 Å². The molecule has 4 heterocycles. The van der Waals surface area contributed by atoms with Crippen LogP contribution < -0.4 is 40.6 Å². The summed E-state index contributed by atoms with van der Waals surface area (Å²) in [6, 6.07) is 19.6. The Balaban J connectivity index is 0.000000712. The Morgan fingerprint density at radius 2 is 0.960 bits per heavy atom. The van der Waals surface area contributed by atoms with Gasteiger partial charge in [0.05, 0.1) is 32.0 Å². The molecule has 0 fully saturated rings. The van der Waals surface area contributed by atoms with E-state index in [1.54, 1.807) is 43.2 Å². The van der Waals surface area contributed by atoms with Crippen molar-refractivity contribution in [2.24, 2.45) is 11.8 Å². The molecule has 0 bridgehead atoms. The van der Waals surface area contributed by atoms with Crippen molar-refractivity contribution in [3.05, 3.63) is 175 Å². The SMILES string of the molecule is C.COC(=O)CC(NC(=O)C(CC(C)C)n1ccc(C)cc1=O)c1cncc(-c2c(C)cccc2C)c1.Cc1ccn(C(CC(C)C)C(=O)NC(CC(=O)O)c2cncc(-c3c(C)cccc3C)c2)c(=O)c1.O.[Li+].[OH-]. The number of esters is 1. The first-order valence-corrected chi connectivity index (χ1v) is 24.0. The van der Waals surface area contributed by atoms with Gasteiger partial charge >= 0.3 is 30.8 Å². The first-order chi connectivity index (χ1) is 33.7. The molecule has 0 saturated carbocycles. The number of hydrogen-bond acceptors (Lipinski definition) is 10. The van der Waals surface area contributed by atoms with Gasteiger partial charge in [0.1, 0.15) is 12.1 Å². The number of pyridine rings is 4. The Labute approximate surface area is 453 Å². The van der Waals surface area contributed by atoms with Crippen LogP contribution >= 0.6 is 0 Å². The molecule has 0 saturated heterocycles. The number of aliphatic carboxylic acids is 1. The number of aryl methyl sites for hydroxylation is 6. The standard InChI is InChI=1S/C29H35N3O4.C28H33N3O4.CH4.Li.2H2O/c1-18(2)12-25(32-11-10-19(3)13-26(32)33)29(35)31-24(15-27(34)36-6)22-14-23(17-30-16-22)28-20(4)8-7-9-21(28)5;1-17(2)11-24(31-10-9-18(3)12-25(31)32)28(35)30-23(14-26(33)34)21-13-22(16-29-15-21)27-19(4)7-6-8-20(27)5;;;;/h7-11,13-14,16-18,24-25H,12,15H2,1-6H3,(H,31,35);6-10,12-13,15-17,23-24H,11,14H2,1-5H3,(H,30,35)(H,33,34);1H4;;2*1H2/q;;;+1;;/p-1. The Morgan fingerprint density at radius 1 is 0.600 bits per heavy atom. The van der Waals surface area contributed by atoms with E-state index < -0.39 is 42.0 Å². The van der Waals surface area contributed by atoms with Gasteiger partial charge in [-0.3, -0.25) is 38.7 Å². The van der Waals surface area contributed by atoms with Crippen LogP contribution in [0.3, 0.4) is 0 Å². The van der Waals surface area contributed by atoms with E-state index in [1.807, 2.05) is 124 Å². The first-order valence-electron chi connectivity index (χ1n) is 24.0. The smallest absolute Gasteiger partial charge is 0.870 e. The second-order valence-corrected chi connectivity index (χ2v) is 19.2. The number of carboxylic acid groups (broad SMARTS) is 1. The van der Waals surface area contributed by atoms with Crippen LogP contribution in [0.1, 0.15) is 129 Å². The normalized spacial score (nSPS) is 12.1. The quantitative estimate of drug-likeness (QED) is 0.0642. The molecule has 0 spiro atoms. The molecule has 6 N–H and O–H groups in total. The zero-order valence-corrected chi connectivity index (χ0v) is 44.7. The fraction of sp³-hybridized carbons (Fsp3) is 0.379. The summed E-state index contributed by atoms with van der Waals surface area (Å²) in [6.45, 7) is 19.7. The average Bonchev–Trinajstić information content (AvgIpc) is 3.30. The fourth-order valence-electron chi connectivity index (χ4n) is 8.85. The largest absolute Gasteiger partial charge is 1.00 e. The molecule has 2 aromatic carbocycles. The Kier molecular flexibility index (Phi) is 26.8. The number of benzene rings is 2. The van der Waals surface area contributed by atoms with Crippen LogP contribution in [0.15, 0.2) is 120 Å². The Hall–Kier alpha value is -6.96. The van der Waals surface area contributed by atoms with Crippen LogP contribution in [-0.2, 0) is 23.9 Å². The van der Waals surface area contributed by atoms with Gasteiger partial charge in [0.25, 0.3) is 11.1 Å². The molecule has 6 rings (SSSR count). The minimum atomic E-state index is -1.04. The van der Waals surface area contributed by atoms with Crippen molar-refractivity contribution in [3.63, 3.8) is 0 Å². The number of nitrogens with one attached hydrogen (secondary N) is 2. The van der Waals surface area contributed by atoms with E-state index in [0.29, 0.717) is 24.0 Å². The maximum absolute atomic E-state index is 13.6. The van der Waals surface area contributed by atoms with Crippen LogP contribution in [0.4, 0.5) is 0 Å². The minimum absolute atomic E-state index is 0. The predicted octanol–water partition coefficient (Wildman–Crippen LogP) is 6.24. The van der Waals surface area contributed by atoms with E-state index in [1.165, 1.54) is 28.4 Å². The van der Waals surface area contributed by atoms with Gasteiger partial charge in [-0.15, -0.1) is 0 Å². The molecule has 17 heteroatoms. The molecular formula is C58H75LiN6O10. The van der Waals surface area contributed by atoms with Gasteiger partial charge in [-0.2, -0.15) is 0 Å². The zero-order chi connectivity index (χ0) is 52.1. The van der Waals surface area contributed by atoms with Crippen LogP contribution in [0.2, 0.25) is 0 Å². The summed E-state index contributed by atoms with van der Waals surface area (Å²) in [7, 11) is 1.32. The van der Waals surface area contributed by atoms with Crippen LogP contribution in [0, 0.1) is 53.4 Å². The molecule has 0 aliphatic carbocycles. The summed E-state index contributed by atoms with van der Waals surface area (Å²) in [5.74, 6) is -1.91. The van der Waals surface area contributed by atoms with Crippen molar-refractivity contribution in [2.45, 2.75) is 127 Å². The van der Waals surface area contributed by atoms with Crippen LogP contribution in [0.25, 0.3) is 22.3 Å². The van der Waals surface area contributed by atoms with Crippen molar-refractivity contribution in [2.75, 3.05) is 7.11 Å². The molecule has 0 aliphatic rings. The summed E-state index contributed by atoms with van der Waals surface area (Å²) in [5, 5.41) is 15.5. The first kappa shape index (κ1) is 66.1. The Bertz CT molecular complexity index is 2950. The van der Waals surface area contributed by atoms with E-state index >= 15 is 0 Å². The molecule has 4 atom stereocenters. The summed E-state index contributed by atoms with van der Waals surface area (Å²) >= 11 is 0. The molecule has 0 aliphatic heterocycles. The molecule has 2 amide bonds. The van der Waals surface area contributed by atoms with Gasteiger partial charge in [-0.25, -0.2) is 0 Å². The maximum Gasteiger partial charge on any atom is 1.00 e. The number of carbonyl (C=O) groups is 4. The minimum Gasteiger partial charge on any atom is -0.870 e. The van der Waals surface area contributed by atoms with Gasteiger partial charge in [0.2, 0.25) is 11.8 Å². The maximum atomic E-state index is 13.6. The average molecular weight is 1020 g/mol. The van der Waals surface area contributed by atoms with Crippen molar-refractivity contribution in [1.82, 2.24) is 29.7 Å². The number of amides is 2. The summed E-state index contributed by atoms with van der Waals surface area (Å²) < 4.78 is 7.80. The topological polar surface area (TPSA) is 253 Å². The van der Waals surface area contributed by atoms with Gasteiger partial charge in [0, 0.05) is 60.4 Å². The Morgan fingerprint density at radius 3 is 1.28 bits per heavy atom. The molecule has 4 unspecified atom stereocenters. The fourth-order valence-corrected chi connectivity index (χ4v) is 8.85. The summed E-state index contributed by atoms with van der Waals surface area (Å²) in [5.41, 5.74) is 10.7. The van der Waals surface area contributed by atoms with Gasteiger partial charge in [-0.05, 0) is 146 Å². The van der Waals surface area contributed by atoms with Crippen LogP contribution in [0.5, 0.6) is 0 Å². The number of carbonyl (C=O) groups excluding carboxylic acids is 3. The second-order valence-electron chi connectivity index (χ2n) is 19.2. The molecule has 16 nitrogen and oxygen atoms in total. The van der Waals surface area contributed by atoms with Crippen molar-refractivity contribution in [1.29, 1.82) is 0 Å². The van der Waals surface area contributed by atoms with E-state index in [4.69, 9.17) is 4.74 Å². The molecule has 398 valence electrons.